The van der Waals surface area contributed by atoms with Crippen molar-refractivity contribution >= 4 is 40.3 Å². The molecule has 0 fully saturated rings. The van der Waals surface area contributed by atoms with E-state index in [1.165, 1.54) is 11.6 Å². The summed E-state index contributed by atoms with van der Waals surface area (Å²) >= 11 is 6.10. The topological polar surface area (TPSA) is 97.1 Å². The zero-order chi connectivity index (χ0) is 14.8. The third-order valence-corrected chi connectivity index (χ3v) is 2.93. The van der Waals surface area contributed by atoms with Crippen LogP contribution >= 0.6 is 11.6 Å². The fraction of sp³-hybridized carbons (Fsp3) is 0.0833. The van der Waals surface area contributed by atoms with Gasteiger partial charge in [0.25, 0.3) is 0 Å². The predicted octanol–water partition coefficient (Wildman–Crippen LogP) is 1.87. The van der Waals surface area contributed by atoms with Crippen molar-refractivity contribution in [2.24, 2.45) is 0 Å². The van der Waals surface area contributed by atoms with Gasteiger partial charge in [0.1, 0.15) is 0 Å². The van der Waals surface area contributed by atoms with Crippen LogP contribution in [-0.4, -0.2) is 31.2 Å². The molecular formula is C12H10ClN7O. The summed E-state index contributed by atoms with van der Waals surface area (Å²) in [5.41, 5.74) is 1.84. The Bertz CT molecular complexity index is 816. The van der Waals surface area contributed by atoms with Crippen molar-refractivity contribution in [3.63, 3.8) is 0 Å². The summed E-state index contributed by atoms with van der Waals surface area (Å²) in [6.07, 6.45) is 0. The molecule has 0 spiro atoms. The van der Waals surface area contributed by atoms with Crippen LogP contribution in [0.4, 0.5) is 17.2 Å². The molecule has 8 nitrogen and oxygen atoms in total. The van der Waals surface area contributed by atoms with Gasteiger partial charge in [0, 0.05) is 12.6 Å². The number of tetrazole rings is 1. The lowest BCUT2D eigenvalue weighted by Crippen LogP contribution is -2.06. The van der Waals surface area contributed by atoms with E-state index in [1.807, 2.05) is 0 Å². The Morgan fingerprint density at radius 1 is 1.29 bits per heavy atom. The maximum atomic E-state index is 11.0. The van der Waals surface area contributed by atoms with Crippen molar-refractivity contribution in [2.45, 2.75) is 6.92 Å². The fourth-order valence-electron chi connectivity index (χ4n) is 1.75. The van der Waals surface area contributed by atoms with Crippen LogP contribution < -0.4 is 10.6 Å². The summed E-state index contributed by atoms with van der Waals surface area (Å²) in [6, 6.07) is 8.67. The molecular weight excluding hydrogens is 294 g/mol. The Morgan fingerprint density at radius 3 is 2.90 bits per heavy atom. The predicted molar refractivity (Wildman–Crippen MR) is 77.6 cm³/mol. The lowest BCUT2D eigenvalue weighted by Gasteiger charge is -2.09. The molecule has 1 amide bonds. The van der Waals surface area contributed by atoms with Gasteiger partial charge < -0.3 is 10.6 Å². The minimum absolute atomic E-state index is 0.177. The van der Waals surface area contributed by atoms with Crippen molar-refractivity contribution in [2.75, 3.05) is 10.6 Å². The summed E-state index contributed by atoms with van der Waals surface area (Å²) in [7, 11) is 0. The average molecular weight is 304 g/mol. The van der Waals surface area contributed by atoms with Crippen LogP contribution in [0.3, 0.4) is 0 Å². The van der Waals surface area contributed by atoms with Crippen molar-refractivity contribution in [1.29, 1.82) is 0 Å². The number of hydrogen-bond donors (Lipinski definition) is 2. The Kier molecular flexibility index (Phi) is 3.36. The number of carbonyl (C=O) groups is 1. The van der Waals surface area contributed by atoms with E-state index in [4.69, 9.17) is 11.6 Å². The molecule has 0 saturated heterocycles. The van der Waals surface area contributed by atoms with Crippen LogP contribution in [0.5, 0.6) is 0 Å². The van der Waals surface area contributed by atoms with Crippen LogP contribution in [0.1, 0.15) is 6.92 Å². The monoisotopic (exact) mass is 303 g/mol. The number of hydrogen-bond acceptors (Lipinski definition) is 6. The van der Waals surface area contributed by atoms with Crippen molar-refractivity contribution in [3.05, 3.63) is 35.4 Å². The molecule has 2 aromatic heterocycles. The number of amides is 1. The van der Waals surface area contributed by atoms with E-state index in [2.05, 4.69) is 31.3 Å². The van der Waals surface area contributed by atoms with E-state index in [-0.39, 0.29) is 5.91 Å². The van der Waals surface area contributed by atoms with E-state index in [9.17, 15) is 4.79 Å². The number of aromatic nitrogens is 5. The average Bonchev–Trinajstić information content (AvgIpc) is 2.89. The number of carbonyl (C=O) groups excluding carboxylic acids is 1. The smallest absolute Gasteiger partial charge is 0.221 e. The third kappa shape index (κ3) is 2.90. The lowest BCUT2D eigenvalue weighted by atomic mass is 10.2. The molecule has 2 N–H and O–H groups in total. The molecule has 21 heavy (non-hydrogen) atoms. The van der Waals surface area contributed by atoms with E-state index in [0.29, 0.717) is 22.2 Å². The standard InChI is InChI=1S/C12H10ClN7O/c1-7(21)14-10-3-2-8(6-9(10)13)15-11-4-5-12-16-18-19-20(12)17-11/h2-6H,1H3,(H,14,21)(H,15,17). The summed E-state index contributed by atoms with van der Waals surface area (Å²) in [5.74, 6) is 0.390. The van der Waals surface area contributed by atoms with E-state index < -0.39 is 0 Å². The first-order valence-corrected chi connectivity index (χ1v) is 6.39. The molecule has 1 aromatic carbocycles. The summed E-state index contributed by atoms with van der Waals surface area (Å²) in [5, 5.41) is 21.3. The summed E-state index contributed by atoms with van der Waals surface area (Å²) in [6.45, 7) is 1.42. The number of nitrogens with one attached hydrogen (secondary N) is 2. The van der Waals surface area contributed by atoms with Crippen molar-refractivity contribution < 1.29 is 4.79 Å². The minimum Gasteiger partial charge on any atom is -0.339 e. The number of anilines is 3. The van der Waals surface area contributed by atoms with E-state index in [1.54, 1.807) is 30.3 Å². The molecule has 2 heterocycles. The molecule has 0 aliphatic rings. The first kappa shape index (κ1) is 13.3. The van der Waals surface area contributed by atoms with Gasteiger partial charge in [0.2, 0.25) is 5.91 Å². The molecule has 3 rings (SSSR count). The second-order valence-corrected chi connectivity index (χ2v) is 4.65. The number of fused-ring (bicyclic) bond motifs is 1. The summed E-state index contributed by atoms with van der Waals surface area (Å²) < 4.78 is 1.32. The zero-order valence-electron chi connectivity index (χ0n) is 10.9. The lowest BCUT2D eigenvalue weighted by molar-refractivity contribution is -0.114. The van der Waals surface area contributed by atoms with E-state index in [0.717, 1.165) is 5.69 Å². The maximum Gasteiger partial charge on any atom is 0.221 e. The molecule has 0 radical (unpaired) electrons. The highest BCUT2D eigenvalue weighted by Gasteiger charge is 2.05. The molecule has 0 saturated carbocycles. The number of benzene rings is 1. The Morgan fingerprint density at radius 2 is 2.14 bits per heavy atom. The van der Waals surface area contributed by atoms with E-state index >= 15 is 0 Å². The minimum atomic E-state index is -0.177. The number of rotatable bonds is 3. The van der Waals surface area contributed by atoms with Gasteiger partial charge in [-0.15, -0.1) is 14.8 Å². The van der Waals surface area contributed by atoms with Crippen LogP contribution in [0, 0.1) is 0 Å². The van der Waals surface area contributed by atoms with Crippen LogP contribution in [0.15, 0.2) is 30.3 Å². The molecule has 3 aromatic rings. The van der Waals surface area contributed by atoms with Crippen molar-refractivity contribution in [3.8, 4) is 0 Å². The maximum absolute atomic E-state index is 11.0. The SMILES string of the molecule is CC(=O)Nc1ccc(Nc2ccc3nnnn3n2)cc1Cl. The molecule has 0 aliphatic carbocycles. The van der Waals surface area contributed by atoms with Gasteiger partial charge >= 0.3 is 0 Å². The Labute approximate surface area is 124 Å². The zero-order valence-corrected chi connectivity index (χ0v) is 11.7. The van der Waals surface area contributed by atoms with Crippen LogP contribution in [-0.2, 0) is 4.79 Å². The molecule has 106 valence electrons. The highest BCUT2D eigenvalue weighted by molar-refractivity contribution is 6.34. The van der Waals surface area contributed by atoms with Gasteiger partial charge in [-0.1, -0.05) is 11.6 Å². The second kappa shape index (κ2) is 5.33. The van der Waals surface area contributed by atoms with Gasteiger partial charge in [-0.3, -0.25) is 4.79 Å². The van der Waals surface area contributed by atoms with Crippen LogP contribution in [0.2, 0.25) is 5.02 Å². The first-order chi connectivity index (χ1) is 10.1. The molecule has 9 heteroatoms. The number of nitrogens with zero attached hydrogens (tertiary/aromatic N) is 5. The summed E-state index contributed by atoms with van der Waals surface area (Å²) in [4.78, 5) is 11.0. The van der Waals surface area contributed by atoms with Gasteiger partial charge in [-0.2, -0.15) is 0 Å². The largest absolute Gasteiger partial charge is 0.339 e. The van der Waals surface area contributed by atoms with Gasteiger partial charge in [-0.05, 0) is 40.8 Å². The quantitative estimate of drug-likeness (QED) is 0.766. The molecule has 0 atom stereocenters. The van der Waals surface area contributed by atoms with Gasteiger partial charge in [0.15, 0.2) is 11.5 Å². The third-order valence-electron chi connectivity index (χ3n) is 2.62. The number of halogens is 1. The van der Waals surface area contributed by atoms with Crippen molar-refractivity contribution in [1.82, 2.24) is 25.3 Å². The molecule has 0 bridgehead atoms. The second-order valence-electron chi connectivity index (χ2n) is 4.25. The Balaban J connectivity index is 1.83. The fourth-order valence-corrected chi connectivity index (χ4v) is 1.98. The van der Waals surface area contributed by atoms with Gasteiger partial charge in [0.05, 0.1) is 10.7 Å². The normalized spacial score (nSPS) is 10.6. The molecule has 0 aliphatic heterocycles. The van der Waals surface area contributed by atoms with Gasteiger partial charge in [-0.25, -0.2) is 0 Å². The highest BCUT2D eigenvalue weighted by atomic mass is 35.5. The van der Waals surface area contributed by atoms with Crippen LogP contribution in [0.25, 0.3) is 5.65 Å². The Hall–Kier alpha value is -2.74. The molecule has 0 unspecified atom stereocenters. The highest BCUT2D eigenvalue weighted by Crippen LogP contribution is 2.26. The first-order valence-electron chi connectivity index (χ1n) is 6.01.